The monoisotopic (exact) mass is 282 g/mol. The molecule has 1 N–H and O–H groups in total. The van der Waals surface area contributed by atoms with Crippen LogP contribution >= 0.6 is 0 Å². The first kappa shape index (κ1) is 13.1. The highest BCUT2D eigenvalue weighted by atomic mass is 16.6. The molecule has 1 atom stereocenters. The summed E-state index contributed by atoms with van der Waals surface area (Å²) in [5, 5.41) is 29.9. The van der Waals surface area contributed by atoms with Crippen molar-refractivity contribution in [1.29, 1.82) is 5.26 Å². The summed E-state index contributed by atoms with van der Waals surface area (Å²) in [5.74, 6) is 0.342. The zero-order valence-electron chi connectivity index (χ0n) is 10.8. The Bertz CT molecular complexity index is 781. The minimum Gasteiger partial charge on any atom is -0.465 e. The van der Waals surface area contributed by atoms with Crippen molar-refractivity contribution < 1.29 is 14.8 Å². The summed E-state index contributed by atoms with van der Waals surface area (Å²) >= 11 is 0. The number of nitrogens with zero attached hydrogens (tertiary/aromatic N) is 2. The average molecular weight is 282 g/mol. The molecule has 0 saturated carbocycles. The van der Waals surface area contributed by atoms with Gasteiger partial charge in [-0.3, -0.25) is 10.1 Å². The number of hydrogen-bond donors (Lipinski definition) is 1. The van der Waals surface area contributed by atoms with Crippen molar-refractivity contribution in [1.82, 2.24) is 0 Å². The third kappa shape index (κ3) is 1.83. The largest absolute Gasteiger partial charge is 0.465 e. The highest BCUT2D eigenvalue weighted by molar-refractivity contribution is 5.79. The van der Waals surface area contributed by atoms with Crippen LogP contribution in [-0.2, 0) is 5.60 Å². The van der Waals surface area contributed by atoms with E-state index in [0.717, 1.165) is 0 Å². The maximum absolute atomic E-state index is 10.9. The molecule has 0 bridgehead atoms. The Morgan fingerprint density at radius 2 is 2.05 bits per heavy atom. The Labute approximate surface area is 120 Å². The van der Waals surface area contributed by atoms with Crippen LogP contribution < -0.4 is 4.74 Å². The summed E-state index contributed by atoms with van der Waals surface area (Å²) in [7, 11) is 0. The molecule has 1 unspecified atom stereocenters. The van der Waals surface area contributed by atoms with Gasteiger partial charge in [0.2, 0.25) is 5.60 Å². The van der Waals surface area contributed by atoms with E-state index >= 15 is 0 Å². The van der Waals surface area contributed by atoms with Crippen LogP contribution in [0.25, 0.3) is 11.1 Å². The summed E-state index contributed by atoms with van der Waals surface area (Å²) in [6.07, 6.45) is 0. The molecule has 0 aliphatic carbocycles. The number of ether oxygens (including phenoxy) is 1. The van der Waals surface area contributed by atoms with E-state index in [1.54, 1.807) is 24.3 Å². The van der Waals surface area contributed by atoms with Crippen molar-refractivity contribution in [2.45, 2.75) is 5.60 Å². The van der Waals surface area contributed by atoms with E-state index in [0.29, 0.717) is 22.4 Å². The number of rotatable bonds is 2. The maximum atomic E-state index is 10.9. The van der Waals surface area contributed by atoms with Crippen LogP contribution in [-0.4, -0.2) is 16.6 Å². The van der Waals surface area contributed by atoms with E-state index in [1.165, 1.54) is 18.2 Å². The molecule has 1 heterocycles. The number of hydrogen-bond acceptors (Lipinski definition) is 5. The second-order valence-corrected chi connectivity index (χ2v) is 4.68. The average Bonchev–Trinajstić information content (AvgIpc) is 2.53. The summed E-state index contributed by atoms with van der Waals surface area (Å²) in [6, 6.07) is 13.1. The van der Waals surface area contributed by atoms with Gasteiger partial charge < -0.3 is 9.84 Å². The van der Waals surface area contributed by atoms with Crippen molar-refractivity contribution in [3.05, 3.63) is 58.1 Å². The smallest absolute Gasteiger partial charge is 0.270 e. The lowest BCUT2D eigenvalue weighted by molar-refractivity contribution is -0.384. The molecule has 0 aromatic heterocycles. The molecule has 6 heteroatoms. The van der Waals surface area contributed by atoms with E-state index in [4.69, 9.17) is 4.74 Å². The fourth-order valence-corrected chi connectivity index (χ4v) is 2.48. The van der Waals surface area contributed by atoms with Crippen LogP contribution in [0.5, 0.6) is 5.75 Å². The van der Waals surface area contributed by atoms with Crippen molar-refractivity contribution >= 4 is 5.69 Å². The molecular formula is C15H10N2O4. The van der Waals surface area contributed by atoms with E-state index in [-0.39, 0.29) is 5.69 Å². The van der Waals surface area contributed by atoms with Gasteiger partial charge in [0.05, 0.1) is 4.92 Å². The van der Waals surface area contributed by atoms with Gasteiger partial charge in [-0.2, -0.15) is 5.26 Å². The first-order chi connectivity index (χ1) is 10.1. The van der Waals surface area contributed by atoms with Gasteiger partial charge in [0.15, 0.2) is 0 Å². The number of fused-ring (bicyclic) bond motifs is 3. The summed E-state index contributed by atoms with van der Waals surface area (Å²) < 4.78 is 5.65. The van der Waals surface area contributed by atoms with Crippen molar-refractivity contribution in [2.24, 2.45) is 0 Å². The third-order valence-electron chi connectivity index (χ3n) is 3.51. The standard InChI is InChI=1S/C15H10N2O4/c16-8-15(9-18)13-4-2-1-3-11(13)12-7-10(17(19)20)5-6-14(12)21-15/h1-7,18H,9H2. The number of benzene rings is 2. The summed E-state index contributed by atoms with van der Waals surface area (Å²) in [5.41, 5.74) is 0.153. The first-order valence-electron chi connectivity index (χ1n) is 6.21. The molecule has 1 aliphatic heterocycles. The molecule has 6 nitrogen and oxygen atoms in total. The van der Waals surface area contributed by atoms with Crippen molar-refractivity contribution in [2.75, 3.05) is 6.61 Å². The van der Waals surface area contributed by atoms with Gasteiger partial charge in [-0.25, -0.2) is 0 Å². The zero-order chi connectivity index (χ0) is 15.0. The fourth-order valence-electron chi connectivity index (χ4n) is 2.48. The quantitative estimate of drug-likeness (QED) is 0.673. The molecule has 2 aromatic carbocycles. The Hall–Kier alpha value is -2.91. The topological polar surface area (TPSA) is 96.4 Å². The van der Waals surface area contributed by atoms with Crippen LogP contribution in [0.2, 0.25) is 0 Å². The van der Waals surface area contributed by atoms with E-state index in [1.807, 2.05) is 6.07 Å². The van der Waals surface area contributed by atoms with E-state index < -0.39 is 17.1 Å². The van der Waals surface area contributed by atoms with Crippen LogP contribution in [0.4, 0.5) is 5.69 Å². The van der Waals surface area contributed by atoms with E-state index in [2.05, 4.69) is 0 Å². The van der Waals surface area contributed by atoms with Crippen LogP contribution in [0.1, 0.15) is 5.56 Å². The number of nitro groups is 1. The molecule has 0 spiro atoms. The zero-order valence-corrected chi connectivity index (χ0v) is 10.8. The predicted octanol–water partition coefficient (Wildman–Crippen LogP) is 2.37. The minimum absolute atomic E-state index is 0.0550. The van der Waals surface area contributed by atoms with Gasteiger partial charge in [-0.15, -0.1) is 0 Å². The molecule has 1 aliphatic rings. The van der Waals surface area contributed by atoms with Gasteiger partial charge in [0.25, 0.3) is 5.69 Å². The molecule has 3 rings (SSSR count). The van der Waals surface area contributed by atoms with Gasteiger partial charge in [-0.1, -0.05) is 24.3 Å². The Morgan fingerprint density at radius 3 is 2.71 bits per heavy atom. The number of nitro benzene ring substituents is 1. The van der Waals surface area contributed by atoms with Crippen LogP contribution in [0.3, 0.4) is 0 Å². The maximum Gasteiger partial charge on any atom is 0.270 e. The Kier molecular flexibility index (Phi) is 2.85. The van der Waals surface area contributed by atoms with Crippen LogP contribution in [0.15, 0.2) is 42.5 Å². The highest BCUT2D eigenvalue weighted by Crippen LogP contribution is 2.45. The Morgan fingerprint density at radius 1 is 1.29 bits per heavy atom. The third-order valence-corrected chi connectivity index (χ3v) is 3.51. The first-order valence-corrected chi connectivity index (χ1v) is 6.21. The molecule has 2 aromatic rings. The van der Waals surface area contributed by atoms with Crippen molar-refractivity contribution in [3.63, 3.8) is 0 Å². The van der Waals surface area contributed by atoms with Gasteiger partial charge >= 0.3 is 0 Å². The molecule has 0 radical (unpaired) electrons. The number of aliphatic hydroxyl groups excluding tert-OH is 1. The number of aliphatic hydroxyl groups is 1. The van der Waals surface area contributed by atoms with E-state index in [9.17, 15) is 20.5 Å². The van der Waals surface area contributed by atoms with Crippen molar-refractivity contribution in [3.8, 4) is 22.9 Å². The highest BCUT2D eigenvalue weighted by Gasteiger charge is 2.41. The van der Waals surface area contributed by atoms with Gasteiger partial charge in [0, 0.05) is 23.3 Å². The van der Waals surface area contributed by atoms with Gasteiger partial charge in [-0.05, 0) is 11.6 Å². The van der Waals surface area contributed by atoms with Crippen LogP contribution in [0, 0.1) is 21.4 Å². The second kappa shape index (κ2) is 4.58. The predicted molar refractivity (Wildman–Crippen MR) is 73.5 cm³/mol. The van der Waals surface area contributed by atoms with Gasteiger partial charge in [0.1, 0.15) is 18.4 Å². The molecular weight excluding hydrogens is 272 g/mol. The molecule has 104 valence electrons. The summed E-state index contributed by atoms with van der Waals surface area (Å²) in [4.78, 5) is 10.4. The lowest BCUT2D eigenvalue weighted by atomic mass is 9.85. The second-order valence-electron chi connectivity index (χ2n) is 4.68. The summed E-state index contributed by atoms with van der Waals surface area (Å²) in [6.45, 7) is -0.503. The lowest BCUT2D eigenvalue weighted by Gasteiger charge is -2.33. The SMILES string of the molecule is N#CC1(CO)Oc2ccc([N+](=O)[O-])cc2-c2ccccc21. The lowest BCUT2D eigenvalue weighted by Crippen LogP contribution is -2.38. The Balaban J connectivity index is 2.29. The molecule has 0 amide bonds. The fraction of sp³-hybridized carbons (Fsp3) is 0.133. The number of non-ortho nitro benzene ring substituents is 1. The molecule has 21 heavy (non-hydrogen) atoms. The minimum atomic E-state index is -1.49. The number of nitriles is 1. The molecule has 0 saturated heterocycles. The molecule has 0 fully saturated rings. The normalized spacial score (nSPS) is 18.9.